The average molecular weight is 306 g/mol. The van der Waals surface area contributed by atoms with Crippen molar-refractivity contribution in [2.24, 2.45) is 5.92 Å². The van der Waals surface area contributed by atoms with Gasteiger partial charge >= 0.3 is 6.03 Å². The molecule has 0 bridgehead atoms. The molecule has 1 aromatic carbocycles. The number of amides is 2. The van der Waals surface area contributed by atoms with Crippen LogP contribution < -0.4 is 10.6 Å². The van der Waals surface area contributed by atoms with Gasteiger partial charge in [-0.2, -0.15) is 0 Å². The van der Waals surface area contributed by atoms with Gasteiger partial charge in [0.15, 0.2) is 0 Å². The Hall–Kier alpha value is -1.59. The van der Waals surface area contributed by atoms with Gasteiger partial charge in [-0.3, -0.25) is 0 Å². The Bertz CT molecular complexity index is 452. The summed E-state index contributed by atoms with van der Waals surface area (Å²) >= 11 is 0. The van der Waals surface area contributed by atoms with Crippen LogP contribution in [0.15, 0.2) is 30.3 Å². The van der Waals surface area contributed by atoms with Gasteiger partial charge in [-0.25, -0.2) is 4.79 Å². The van der Waals surface area contributed by atoms with Crippen LogP contribution in [0.3, 0.4) is 0 Å². The van der Waals surface area contributed by atoms with Crippen LogP contribution in [-0.4, -0.2) is 38.9 Å². The van der Waals surface area contributed by atoms with Crippen LogP contribution in [0.1, 0.15) is 31.4 Å². The lowest BCUT2D eigenvalue weighted by Gasteiger charge is -2.20. The third-order valence-corrected chi connectivity index (χ3v) is 4.00. The van der Waals surface area contributed by atoms with Gasteiger partial charge in [0.1, 0.15) is 0 Å². The predicted octanol–water partition coefficient (Wildman–Crippen LogP) is 2.49. The zero-order chi connectivity index (χ0) is 15.8. The van der Waals surface area contributed by atoms with E-state index in [0.29, 0.717) is 19.1 Å². The van der Waals surface area contributed by atoms with Crippen LogP contribution >= 0.6 is 0 Å². The largest absolute Gasteiger partial charge is 0.385 e. The van der Waals surface area contributed by atoms with Crippen LogP contribution in [0.25, 0.3) is 0 Å². The Balaban J connectivity index is 1.77. The molecule has 0 radical (unpaired) electrons. The summed E-state index contributed by atoms with van der Waals surface area (Å²) in [5, 5.41) is 5.88. The van der Waals surface area contributed by atoms with Gasteiger partial charge in [0.05, 0.1) is 6.10 Å². The lowest BCUT2D eigenvalue weighted by molar-refractivity contribution is 0.0909. The molecule has 1 aliphatic heterocycles. The maximum absolute atomic E-state index is 11.9. The molecule has 3 atom stereocenters. The van der Waals surface area contributed by atoms with Gasteiger partial charge in [0.2, 0.25) is 0 Å². The zero-order valence-corrected chi connectivity index (χ0v) is 13.4. The van der Waals surface area contributed by atoms with Crippen molar-refractivity contribution in [1.29, 1.82) is 0 Å². The summed E-state index contributed by atoms with van der Waals surface area (Å²) in [5.41, 5.74) is 1.18. The second-order valence-electron chi connectivity index (χ2n) is 5.79. The first kappa shape index (κ1) is 16.8. The van der Waals surface area contributed by atoms with E-state index < -0.39 is 0 Å². The molecule has 0 spiro atoms. The molecule has 0 saturated carbocycles. The molecule has 2 N–H and O–H groups in total. The molecule has 1 saturated heterocycles. The van der Waals surface area contributed by atoms with Crippen LogP contribution in [0.5, 0.6) is 0 Å². The summed E-state index contributed by atoms with van der Waals surface area (Å²) in [6.07, 6.45) is 1.86. The minimum Gasteiger partial charge on any atom is -0.385 e. The fourth-order valence-corrected chi connectivity index (χ4v) is 2.72. The quantitative estimate of drug-likeness (QED) is 0.813. The second-order valence-corrected chi connectivity index (χ2v) is 5.79. The number of rotatable bonds is 7. The number of carbonyl (C=O) groups excluding carboxylic acids is 1. The third kappa shape index (κ3) is 5.00. The second kappa shape index (κ2) is 8.76. The number of methoxy groups -OCH3 is 1. The van der Waals surface area contributed by atoms with Crippen molar-refractivity contribution < 1.29 is 14.3 Å². The standard InChI is InChI=1S/C17H26N2O3/c1-13(8-10-21-2)19-17(20)18-12-15-9-11-22-16(15)14-6-4-3-5-7-14/h3-7,13,15-16H,8-12H2,1-2H3,(H2,18,19,20)/t13-,15+,16+/m0/s1. The van der Waals surface area contributed by atoms with Crippen LogP contribution in [0, 0.1) is 5.92 Å². The molecule has 0 aliphatic carbocycles. The predicted molar refractivity (Wildman–Crippen MR) is 85.7 cm³/mol. The van der Waals surface area contributed by atoms with E-state index in [4.69, 9.17) is 9.47 Å². The molecule has 1 heterocycles. The van der Waals surface area contributed by atoms with E-state index in [1.807, 2.05) is 25.1 Å². The van der Waals surface area contributed by atoms with Gasteiger partial charge < -0.3 is 20.1 Å². The minimum absolute atomic E-state index is 0.0763. The maximum Gasteiger partial charge on any atom is 0.315 e. The molecular weight excluding hydrogens is 280 g/mol. The monoisotopic (exact) mass is 306 g/mol. The molecule has 1 fully saturated rings. The number of hydrogen-bond acceptors (Lipinski definition) is 3. The van der Waals surface area contributed by atoms with Crippen molar-refractivity contribution in [2.45, 2.75) is 31.9 Å². The van der Waals surface area contributed by atoms with Crippen LogP contribution in [0.4, 0.5) is 4.79 Å². The molecular formula is C17H26N2O3. The Morgan fingerprint density at radius 2 is 2.18 bits per heavy atom. The molecule has 2 rings (SSSR count). The summed E-state index contributed by atoms with van der Waals surface area (Å²) in [7, 11) is 1.66. The summed E-state index contributed by atoms with van der Waals surface area (Å²) in [5.74, 6) is 0.322. The number of ether oxygens (including phenoxy) is 2. The topological polar surface area (TPSA) is 59.6 Å². The van der Waals surface area contributed by atoms with Gasteiger partial charge in [0.25, 0.3) is 0 Å². The van der Waals surface area contributed by atoms with E-state index >= 15 is 0 Å². The highest BCUT2D eigenvalue weighted by Gasteiger charge is 2.29. The van der Waals surface area contributed by atoms with Crippen molar-refractivity contribution in [3.05, 3.63) is 35.9 Å². The molecule has 1 aromatic rings. The van der Waals surface area contributed by atoms with Crippen molar-refractivity contribution >= 4 is 6.03 Å². The number of carbonyl (C=O) groups is 1. The molecule has 1 aliphatic rings. The van der Waals surface area contributed by atoms with Crippen LogP contribution in [0.2, 0.25) is 0 Å². The van der Waals surface area contributed by atoms with Gasteiger partial charge in [-0.15, -0.1) is 0 Å². The molecule has 0 unspecified atom stereocenters. The lowest BCUT2D eigenvalue weighted by atomic mass is 9.95. The fourth-order valence-electron chi connectivity index (χ4n) is 2.72. The first-order chi connectivity index (χ1) is 10.7. The van der Waals surface area contributed by atoms with Gasteiger partial charge in [0, 0.05) is 38.8 Å². The first-order valence-electron chi connectivity index (χ1n) is 7.90. The number of nitrogens with one attached hydrogen (secondary N) is 2. The van der Waals surface area contributed by atoms with Crippen LogP contribution in [-0.2, 0) is 9.47 Å². The Morgan fingerprint density at radius 3 is 2.91 bits per heavy atom. The van der Waals surface area contributed by atoms with Gasteiger partial charge in [-0.05, 0) is 25.3 Å². The van der Waals surface area contributed by atoms with E-state index in [1.165, 1.54) is 5.56 Å². The van der Waals surface area contributed by atoms with E-state index in [1.54, 1.807) is 7.11 Å². The van der Waals surface area contributed by atoms with Crippen molar-refractivity contribution in [1.82, 2.24) is 10.6 Å². The molecule has 0 aromatic heterocycles. The summed E-state index contributed by atoms with van der Waals surface area (Å²) < 4.78 is 10.8. The van der Waals surface area contributed by atoms with E-state index in [2.05, 4.69) is 22.8 Å². The Labute approximate surface area is 132 Å². The normalized spacial score (nSPS) is 22.3. The highest BCUT2D eigenvalue weighted by molar-refractivity contribution is 5.74. The number of benzene rings is 1. The zero-order valence-electron chi connectivity index (χ0n) is 13.4. The first-order valence-corrected chi connectivity index (χ1v) is 7.90. The van der Waals surface area contributed by atoms with Crippen molar-refractivity contribution in [3.8, 4) is 0 Å². The smallest absolute Gasteiger partial charge is 0.315 e. The minimum atomic E-state index is -0.123. The Morgan fingerprint density at radius 1 is 1.41 bits per heavy atom. The molecule has 122 valence electrons. The maximum atomic E-state index is 11.9. The van der Waals surface area contributed by atoms with E-state index in [0.717, 1.165) is 19.4 Å². The van der Waals surface area contributed by atoms with Crippen molar-refractivity contribution in [2.75, 3.05) is 26.9 Å². The number of urea groups is 1. The molecule has 5 nitrogen and oxygen atoms in total. The third-order valence-electron chi connectivity index (χ3n) is 4.00. The summed E-state index contributed by atoms with van der Waals surface area (Å²) in [6.45, 7) is 4.00. The summed E-state index contributed by atoms with van der Waals surface area (Å²) in [6, 6.07) is 10.2. The van der Waals surface area contributed by atoms with E-state index in [-0.39, 0.29) is 18.2 Å². The highest BCUT2D eigenvalue weighted by Crippen LogP contribution is 2.33. The summed E-state index contributed by atoms with van der Waals surface area (Å²) in [4.78, 5) is 11.9. The molecule has 22 heavy (non-hydrogen) atoms. The molecule has 2 amide bonds. The van der Waals surface area contributed by atoms with Crippen molar-refractivity contribution in [3.63, 3.8) is 0 Å². The van der Waals surface area contributed by atoms with E-state index in [9.17, 15) is 4.79 Å². The SMILES string of the molecule is COCC[C@H](C)NC(=O)NC[C@H]1CCO[C@@H]1c1ccccc1. The average Bonchev–Trinajstić information content (AvgIpc) is 3.00. The molecule has 5 heteroatoms. The Kier molecular flexibility index (Phi) is 6.68. The van der Waals surface area contributed by atoms with Gasteiger partial charge in [-0.1, -0.05) is 30.3 Å². The highest BCUT2D eigenvalue weighted by atomic mass is 16.5. The fraction of sp³-hybridized carbons (Fsp3) is 0.588. The number of hydrogen-bond donors (Lipinski definition) is 2. The lowest BCUT2D eigenvalue weighted by Crippen LogP contribution is -2.43.